The van der Waals surface area contributed by atoms with Crippen LogP contribution in [0.25, 0.3) is 0 Å². The van der Waals surface area contributed by atoms with Crippen molar-refractivity contribution in [3.8, 4) is 0 Å². The number of anilines is 1. The van der Waals surface area contributed by atoms with E-state index in [1.165, 1.54) is 12.8 Å². The maximum atomic E-state index is 11.9. The second-order valence-corrected chi connectivity index (χ2v) is 5.93. The van der Waals surface area contributed by atoms with Gasteiger partial charge in [-0.3, -0.25) is 0 Å². The molecule has 0 saturated heterocycles. The number of benzene rings is 1. The molecule has 6 nitrogen and oxygen atoms in total. The normalized spacial score (nSPS) is 13.9. The standard InChI is InChI=1S/C15H18ClN5O/c1-10-2-5-12(16)8-13(10)19-15(22)17-6-7-21-9-18-20-14(21)11-3-4-11/h2,5,8-9,11H,3-4,6-7H2,1H3,(H2,17,19,22). The Labute approximate surface area is 133 Å². The third-order valence-corrected chi connectivity index (χ3v) is 3.91. The molecular formula is C15H18ClN5O. The van der Waals surface area contributed by atoms with Crippen LogP contribution in [0.2, 0.25) is 5.02 Å². The minimum Gasteiger partial charge on any atom is -0.336 e. The molecule has 3 rings (SSSR count). The molecule has 1 aliphatic carbocycles. The molecule has 2 aromatic rings. The van der Waals surface area contributed by atoms with Crippen LogP contribution in [0, 0.1) is 6.92 Å². The molecule has 0 radical (unpaired) electrons. The largest absolute Gasteiger partial charge is 0.336 e. The average Bonchev–Trinajstić information content (AvgIpc) is 3.22. The van der Waals surface area contributed by atoms with Crippen molar-refractivity contribution in [1.82, 2.24) is 20.1 Å². The Morgan fingerprint density at radius 3 is 3.05 bits per heavy atom. The van der Waals surface area contributed by atoms with Gasteiger partial charge in [0.1, 0.15) is 12.2 Å². The quantitative estimate of drug-likeness (QED) is 0.890. The van der Waals surface area contributed by atoms with Gasteiger partial charge in [0, 0.05) is 29.7 Å². The number of carbonyl (C=O) groups is 1. The number of hydrogen-bond donors (Lipinski definition) is 2. The number of nitrogens with zero attached hydrogens (tertiary/aromatic N) is 3. The number of nitrogens with one attached hydrogen (secondary N) is 2. The SMILES string of the molecule is Cc1ccc(Cl)cc1NC(=O)NCCn1cnnc1C1CC1. The summed E-state index contributed by atoms with van der Waals surface area (Å²) >= 11 is 5.94. The summed E-state index contributed by atoms with van der Waals surface area (Å²) in [4.78, 5) is 11.9. The number of urea groups is 1. The van der Waals surface area contributed by atoms with Crippen LogP contribution >= 0.6 is 11.6 Å². The van der Waals surface area contributed by atoms with Gasteiger partial charge in [-0.05, 0) is 37.5 Å². The monoisotopic (exact) mass is 319 g/mol. The van der Waals surface area contributed by atoms with Crippen LogP contribution in [0.5, 0.6) is 0 Å². The lowest BCUT2D eigenvalue weighted by Gasteiger charge is -2.11. The van der Waals surface area contributed by atoms with Gasteiger partial charge in [-0.25, -0.2) is 4.79 Å². The fourth-order valence-corrected chi connectivity index (χ4v) is 2.45. The van der Waals surface area contributed by atoms with E-state index in [1.807, 2.05) is 17.6 Å². The zero-order valence-corrected chi connectivity index (χ0v) is 13.1. The molecule has 22 heavy (non-hydrogen) atoms. The van der Waals surface area contributed by atoms with Gasteiger partial charge in [-0.15, -0.1) is 10.2 Å². The van der Waals surface area contributed by atoms with Gasteiger partial charge in [0.15, 0.2) is 0 Å². The zero-order chi connectivity index (χ0) is 15.5. The minimum atomic E-state index is -0.244. The summed E-state index contributed by atoms with van der Waals surface area (Å²) in [7, 11) is 0. The molecule has 0 aliphatic heterocycles. The lowest BCUT2D eigenvalue weighted by atomic mass is 10.2. The summed E-state index contributed by atoms with van der Waals surface area (Å²) < 4.78 is 2.00. The van der Waals surface area contributed by atoms with Gasteiger partial charge in [0.2, 0.25) is 0 Å². The molecule has 2 amide bonds. The number of hydrogen-bond acceptors (Lipinski definition) is 3. The van der Waals surface area contributed by atoms with E-state index in [2.05, 4.69) is 20.8 Å². The highest BCUT2D eigenvalue weighted by atomic mass is 35.5. The molecule has 1 fully saturated rings. The Kier molecular flexibility index (Phi) is 4.29. The zero-order valence-electron chi connectivity index (χ0n) is 12.3. The van der Waals surface area contributed by atoms with Crippen LogP contribution in [0.15, 0.2) is 24.5 Å². The van der Waals surface area contributed by atoms with Gasteiger partial charge in [-0.2, -0.15) is 0 Å². The number of rotatable bonds is 5. The molecule has 0 atom stereocenters. The van der Waals surface area contributed by atoms with Crippen molar-refractivity contribution in [1.29, 1.82) is 0 Å². The van der Waals surface area contributed by atoms with E-state index in [4.69, 9.17) is 11.6 Å². The smallest absolute Gasteiger partial charge is 0.319 e. The summed E-state index contributed by atoms with van der Waals surface area (Å²) in [5.74, 6) is 1.57. The van der Waals surface area contributed by atoms with Gasteiger partial charge in [-0.1, -0.05) is 17.7 Å². The van der Waals surface area contributed by atoms with Gasteiger partial charge >= 0.3 is 6.03 Å². The van der Waals surface area contributed by atoms with Crippen molar-refractivity contribution in [2.45, 2.75) is 32.2 Å². The van der Waals surface area contributed by atoms with Crippen LogP contribution in [-0.4, -0.2) is 27.3 Å². The summed E-state index contributed by atoms with van der Waals surface area (Å²) in [6.45, 7) is 3.11. The summed E-state index contributed by atoms with van der Waals surface area (Å²) in [6, 6.07) is 5.16. The summed E-state index contributed by atoms with van der Waals surface area (Å²) in [5, 5.41) is 14.3. The Morgan fingerprint density at radius 1 is 1.45 bits per heavy atom. The number of aromatic nitrogens is 3. The molecule has 0 unspecified atom stereocenters. The maximum Gasteiger partial charge on any atom is 0.319 e. The molecule has 0 bridgehead atoms. The van der Waals surface area contributed by atoms with Crippen molar-refractivity contribution in [2.75, 3.05) is 11.9 Å². The van der Waals surface area contributed by atoms with Gasteiger partial charge in [0.25, 0.3) is 0 Å². The molecule has 1 aromatic heterocycles. The summed E-state index contributed by atoms with van der Waals surface area (Å²) in [6.07, 6.45) is 4.08. The first-order valence-corrected chi connectivity index (χ1v) is 7.70. The van der Waals surface area contributed by atoms with Crippen molar-refractivity contribution >= 4 is 23.3 Å². The first-order valence-electron chi connectivity index (χ1n) is 7.32. The molecule has 1 heterocycles. The van der Waals surface area contributed by atoms with Crippen LogP contribution in [0.4, 0.5) is 10.5 Å². The molecule has 1 aromatic carbocycles. The number of halogens is 1. The van der Waals surface area contributed by atoms with E-state index in [0.717, 1.165) is 11.4 Å². The van der Waals surface area contributed by atoms with E-state index in [1.54, 1.807) is 18.5 Å². The molecule has 1 saturated carbocycles. The second-order valence-electron chi connectivity index (χ2n) is 5.50. The fourth-order valence-electron chi connectivity index (χ4n) is 2.28. The lowest BCUT2D eigenvalue weighted by molar-refractivity contribution is 0.251. The average molecular weight is 320 g/mol. The van der Waals surface area contributed by atoms with E-state index in [9.17, 15) is 4.79 Å². The predicted molar refractivity (Wildman–Crippen MR) is 85.2 cm³/mol. The van der Waals surface area contributed by atoms with E-state index in [-0.39, 0.29) is 6.03 Å². The van der Waals surface area contributed by atoms with Crippen LogP contribution in [0.1, 0.15) is 30.1 Å². The Balaban J connectivity index is 1.50. The number of aryl methyl sites for hydroxylation is 1. The highest BCUT2D eigenvalue weighted by Gasteiger charge is 2.28. The molecule has 2 N–H and O–H groups in total. The van der Waals surface area contributed by atoms with Crippen LogP contribution in [-0.2, 0) is 6.54 Å². The molecule has 1 aliphatic rings. The molecule has 0 spiro atoms. The third-order valence-electron chi connectivity index (χ3n) is 3.67. The van der Waals surface area contributed by atoms with Crippen molar-refractivity contribution in [3.05, 3.63) is 40.9 Å². The molecular weight excluding hydrogens is 302 g/mol. The molecule has 7 heteroatoms. The third kappa shape index (κ3) is 3.57. The van der Waals surface area contributed by atoms with Gasteiger partial charge in [0.05, 0.1) is 0 Å². The van der Waals surface area contributed by atoms with Gasteiger partial charge < -0.3 is 15.2 Å². The van der Waals surface area contributed by atoms with Crippen LogP contribution < -0.4 is 10.6 Å². The predicted octanol–water partition coefficient (Wildman–Crippen LogP) is 2.94. The minimum absolute atomic E-state index is 0.244. The summed E-state index contributed by atoms with van der Waals surface area (Å²) in [5.41, 5.74) is 1.68. The first kappa shape index (κ1) is 14.8. The van der Waals surface area contributed by atoms with Crippen molar-refractivity contribution < 1.29 is 4.79 Å². The number of carbonyl (C=O) groups excluding carboxylic acids is 1. The Morgan fingerprint density at radius 2 is 2.27 bits per heavy atom. The Bertz CT molecular complexity index is 680. The van der Waals surface area contributed by atoms with E-state index < -0.39 is 0 Å². The van der Waals surface area contributed by atoms with E-state index in [0.29, 0.717) is 29.7 Å². The lowest BCUT2D eigenvalue weighted by Crippen LogP contribution is -2.31. The second kappa shape index (κ2) is 6.36. The number of amides is 2. The highest BCUT2D eigenvalue weighted by Crippen LogP contribution is 2.38. The van der Waals surface area contributed by atoms with E-state index >= 15 is 0 Å². The Hall–Kier alpha value is -2.08. The highest BCUT2D eigenvalue weighted by molar-refractivity contribution is 6.31. The van der Waals surface area contributed by atoms with Crippen LogP contribution in [0.3, 0.4) is 0 Å². The molecule has 116 valence electrons. The maximum absolute atomic E-state index is 11.9. The van der Waals surface area contributed by atoms with Crippen molar-refractivity contribution in [2.24, 2.45) is 0 Å². The first-order chi connectivity index (χ1) is 10.6. The fraction of sp³-hybridized carbons (Fsp3) is 0.400. The van der Waals surface area contributed by atoms with Crippen molar-refractivity contribution in [3.63, 3.8) is 0 Å². The topological polar surface area (TPSA) is 71.8 Å².